The fourth-order valence-electron chi connectivity index (χ4n) is 2.38. The van der Waals surface area contributed by atoms with Crippen molar-refractivity contribution in [3.63, 3.8) is 0 Å². The van der Waals surface area contributed by atoms with E-state index in [1.807, 2.05) is 0 Å². The lowest BCUT2D eigenvalue weighted by Gasteiger charge is -2.43. The molecule has 0 bridgehead atoms. The molecule has 0 spiro atoms. The summed E-state index contributed by atoms with van der Waals surface area (Å²) in [5, 5.41) is 0.141. The number of rotatable bonds is 5. The Morgan fingerprint density at radius 1 is 1.08 bits per heavy atom. The lowest BCUT2D eigenvalue weighted by atomic mass is 9.86. The second kappa shape index (κ2) is 7.46. The average molecular weight is 419 g/mol. The Morgan fingerprint density at radius 2 is 1.62 bits per heavy atom. The SMILES string of the molecule is CC(O[Si](C)(C)C(C)(C)C)C(Oc1ccc(F)c(Br)c1)C(C)(C)C. The average Bonchev–Trinajstić information content (AvgIpc) is 2.36. The fraction of sp³-hybridized carbons (Fsp3) is 0.684. The van der Waals surface area contributed by atoms with E-state index in [9.17, 15) is 4.39 Å². The number of benzene rings is 1. The van der Waals surface area contributed by atoms with Gasteiger partial charge in [-0.15, -0.1) is 0 Å². The van der Waals surface area contributed by atoms with Crippen LogP contribution >= 0.6 is 15.9 Å². The zero-order chi connectivity index (χ0) is 18.9. The molecule has 0 saturated heterocycles. The number of ether oxygens (including phenoxy) is 1. The van der Waals surface area contributed by atoms with Crippen molar-refractivity contribution in [2.75, 3.05) is 0 Å². The molecule has 1 aromatic rings. The van der Waals surface area contributed by atoms with E-state index in [1.54, 1.807) is 12.1 Å². The maximum atomic E-state index is 13.5. The van der Waals surface area contributed by atoms with Gasteiger partial charge in [-0.1, -0.05) is 41.5 Å². The van der Waals surface area contributed by atoms with E-state index in [1.165, 1.54) is 6.07 Å². The van der Waals surface area contributed by atoms with Gasteiger partial charge in [-0.2, -0.15) is 0 Å². The summed E-state index contributed by atoms with van der Waals surface area (Å²) in [6, 6.07) is 4.75. The zero-order valence-corrected chi connectivity index (χ0v) is 19.0. The van der Waals surface area contributed by atoms with Crippen LogP contribution in [0.4, 0.5) is 4.39 Å². The van der Waals surface area contributed by atoms with Gasteiger partial charge in [0.2, 0.25) is 0 Å². The largest absolute Gasteiger partial charge is 0.487 e. The molecular formula is C19H32BrFO2Si. The normalized spacial score (nSPS) is 16.0. The van der Waals surface area contributed by atoms with Crippen molar-refractivity contribution < 1.29 is 13.6 Å². The molecule has 24 heavy (non-hydrogen) atoms. The topological polar surface area (TPSA) is 18.5 Å². The highest BCUT2D eigenvalue weighted by atomic mass is 79.9. The number of halogens is 2. The molecule has 0 fully saturated rings. The van der Waals surface area contributed by atoms with Gasteiger partial charge in [0, 0.05) is 5.41 Å². The predicted molar refractivity (Wildman–Crippen MR) is 106 cm³/mol. The molecule has 0 aliphatic carbocycles. The smallest absolute Gasteiger partial charge is 0.192 e. The van der Waals surface area contributed by atoms with Crippen LogP contribution in [-0.4, -0.2) is 20.5 Å². The molecule has 0 heterocycles. The van der Waals surface area contributed by atoms with Gasteiger partial charge in [-0.3, -0.25) is 0 Å². The van der Waals surface area contributed by atoms with Gasteiger partial charge in [-0.25, -0.2) is 4.39 Å². The molecule has 0 saturated carbocycles. The van der Waals surface area contributed by atoms with Crippen molar-refractivity contribution in [3.8, 4) is 5.75 Å². The van der Waals surface area contributed by atoms with Gasteiger partial charge in [0.05, 0.1) is 10.6 Å². The molecule has 2 atom stereocenters. The minimum atomic E-state index is -1.90. The summed E-state index contributed by atoms with van der Waals surface area (Å²) >= 11 is 3.22. The fourth-order valence-corrected chi connectivity index (χ4v) is 4.14. The molecule has 1 rings (SSSR count). The van der Waals surface area contributed by atoms with Crippen LogP contribution in [0.1, 0.15) is 48.5 Å². The summed E-state index contributed by atoms with van der Waals surface area (Å²) in [4.78, 5) is 0. The molecule has 5 heteroatoms. The summed E-state index contributed by atoms with van der Waals surface area (Å²) in [5.41, 5.74) is -0.108. The Bertz CT molecular complexity index is 561. The Kier molecular flexibility index (Phi) is 6.73. The van der Waals surface area contributed by atoms with Crippen LogP contribution < -0.4 is 4.74 Å². The number of hydrogen-bond acceptors (Lipinski definition) is 2. The lowest BCUT2D eigenvalue weighted by molar-refractivity contribution is -0.0111. The van der Waals surface area contributed by atoms with Crippen molar-refractivity contribution in [3.05, 3.63) is 28.5 Å². The summed E-state index contributed by atoms with van der Waals surface area (Å²) in [7, 11) is -1.90. The second-order valence-corrected chi connectivity index (χ2v) is 14.7. The van der Waals surface area contributed by atoms with Crippen LogP contribution in [0.25, 0.3) is 0 Å². The van der Waals surface area contributed by atoms with E-state index in [0.29, 0.717) is 10.2 Å². The molecular weight excluding hydrogens is 387 g/mol. The molecule has 0 radical (unpaired) electrons. The third-order valence-corrected chi connectivity index (χ3v) is 9.90. The van der Waals surface area contributed by atoms with E-state index in [2.05, 4.69) is 77.5 Å². The highest BCUT2D eigenvalue weighted by Gasteiger charge is 2.42. The van der Waals surface area contributed by atoms with Gasteiger partial charge in [0.25, 0.3) is 0 Å². The third-order valence-electron chi connectivity index (χ3n) is 4.72. The molecule has 0 aliphatic rings. The van der Waals surface area contributed by atoms with E-state index >= 15 is 0 Å². The maximum absolute atomic E-state index is 13.5. The van der Waals surface area contributed by atoms with Gasteiger partial charge >= 0.3 is 0 Å². The molecule has 0 aromatic heterocycles. The third kappa shape index (κ3) is 5.56. The molecule has 0 N–H and O–H groups in total. The predicted octanol–water partition coefficient (Wildman–Crippen LogP) is 6.79. The Labute approximate surface area is 156 Å². The lowest BCUT2D eigenvalue weighted by Crippen LogP contribution is -2.50. The first-order valence-corrected chi connectivity index (χ1v) is 12.1. The van der Waals surface area contributed by atoms with Crippen molar-refractivity contribution in [2.45, 2.75) is 78.8 Å². The van der Waals surface area contributed by atoms with Crippen LogP contribution in [-0.2, 0) is 4.43 Å². The maximum Gasteiger partial charge on any atom is 0.192 e. The Balaban J connectivity index is 3.03. The summed E-state index contributed by atoms with van der Waals surface area (Å²) in [5.74, 6) is 0.356. The Hall–Kier alpha value is -0.393. The van der Waals surface area contributed by atoms with Crippen LogP contribution in [0.3, 0.4) is 0 Å². The summed E-state index contributed by atoms with van der Waals surface area (Å²) in [6.07, 6.45) is -0.196. The molecule has 2 unspecified atom stereocenters. The zero-order valence-electron chi connectivity index (χ0n) is 16.5. The highest BCUT2D eigenvalue weighted by Crippen LogP contribution is 2.39. The van der Waals surface area contributed by atoms with E-state index < -0.39 is 8.32 Å². The van der Waals surface area contributed by atoms with Gasteiger partial charge in [0.1, 0.15) is 17.7 Å². The molecule has 138 valence electrons. The minimum absolute atomic E-state index is 0.0604. The summed E-state index contributed by atoms with van der Waals surface area (Å²) in [6.45, 7) is 19.7. The van der Waals surface area contributed by atoms with Gasteiger partial charge in [-0.05, 0) is 59.2 Å². The first-order chi connectivity index (χ1) is 10.6. The van der Waals surface area contributed by atoms with Gasteiger partial charge < -0.3 is 9.16 Å². The Morgan fingerprint density at radius 3 is 2.04 bits per heavy atom. The van der Waals surface area contributed by atoms with Crippen LogP contribution in [0.2, 0.25) is 18.1 Å². The van der Waals surface area contributed by atoms with Crippen molar-refractivity contribution in [2.24, 2.45) is 5.41 Å². The standard InChI is InChI=1S/C19H32BrFO2Si/c1-13(23-24(8,9)19(5,6)7)17(18(2,3)4)22-14-10-11-16(21)15(20)12-14/h10-13,17H,1-9H3. The second-order valence-electron chi connectivity index (χ2n) is 9.06. The van der Waals surface area contributed by atoms with Crippen LogP contribution in [0.15, 0.2) is 22.7 Å². The first-order valence-electron chi connectivity index (χ1n) is 8.45. The molecule has 0 aliphatic heterocycles. The van der Waals surface area contributed by atoms with Gasteiger partial charge in [0.15, 0.2) is 8.32 Å². The van der Waals surface area contributed by atoms with E-state index in [0.717, 1.165) is 0 Å². The van der Waals surface area contributed by atoms with Crippen molar-refractivity contribution in [1.29, 1.82) is 0 Å². The monoisotopic (exact) mass is 418 g/mol. The first kappa shape index (κ1) is 21.6. The molecule has 2 nitrogen and oxygen atoms in total. The van der Waals surface area contributed by atoms with Crippen molar-refractivity contribution in [1.82, 2.24) is 0 Å². The van der Waals surface area contributed by atoms with E-state index in [-0.39, 0.29) is 28.5 Å². The van der Waals surface area contributed by atoms with Crippen LogP contribution in [0, 0.1) is 11.2 Å². The summed E-state index contributed by atoms with van der Waals surface area (Å²) < 4.78 is 26.6. The highest BCUT2D eigenvalue weighted by molar-refractivity contribution is 9.10. The van der Waals surface area contributed by atoms with Crippen LogP contribution in [0.5, 0.6) is 5.75 Å². The number of hydrogen-bond donors (Lipinski definition) is 0. The van der Waals surface area contributed by atoms with E-state index in [4.69, 9.17) is 9.16 Å². The minimum Gasteiger partial charge on any atom is -0.487 e. The quantitative estimate of drug-likeness (QED) is 0.489. The molecule has 1 aromatic carbocycles. The molecule has 0 amide bonds. The van der Waals surface area contributed by atoms with Crippen molar-refractivity contribution >= 4 is 24.2 Å².